The molecule has 0 atom stereocenters. The van der Waals surface area contributed by atoms with Gasteiger partial charge in [-0.1, -0.05) is 59.9 Å². The van der Waals surface area contributed by atoms with Crippen molar-refractivity contribution in [2.45, 2.75) is 19.6 Å². The van der Waals surface area contributed by atoms with Crippen molar-refractivity contribution in [1.29, 1.82) is 0 Å². The van der Waals surface area contributed by atoms with Crippen molar-refractivity contribution in [3.8, 4) is 0 Å². The van der Waals surface area contributed by atoms with Crippen molar-refractivity contribution in [2.75, 3.05) is 14.1 Å². The fraction of sp³-hybridized carbons (Fsp3) is 0.0455. The highest BCUT2D eigenvalue weighted by atomic mass is 32.2. The number of aromatic nitrogens is 6. The first-order valence-corrected chi connectivity index (χ1v) is 19.2. The Bertz CT molecular complexity index is 2490. The third-order valence-electron chi connectivity index (χ3n) is 8.50. The van der Waals surface area contributed by atoms with Gasteiger partial charge in [0.25, 0.3) is 11.8 Å². The summed E-state index contributed by atoms with van der Waals surface area (Å²) in [5, 5.41) is 22.4. The summed E-state index contributed by atoms with van der Waals surface area (Å²) in [7, 11) is 3.28. The molecule has 4 aromatic carbocycles. The molecule has 0 unspecified atom stereocenters. The number of nitrogens with one attached hydrogen (secondary N) is 4. The highest BCUT2D eigenvalue weighted by molar-refractivity contribution is 7.99. The summed E-state index contributed by atoms with van der Waals surface area (Å²) < 4.78 is 0. The van der Waals surface area contributed by atoms with Crippen molar-refractivity contribution >= 4 is 81.4 Å². The summed E-state index contributed by atoms with van der Waals surface area (Å²) in [5.41, 5.74) is 6.72. The largest absolute Gasteiger partial charge is 0.355 e. The summed E-state index contributed by atoms with van der Waals surface area (Å²) in [6.45, 7) is 0. The van der Waals surface area contributed by atoms with Crippen molar-refractivity contribution in [3.63, 3.8) is 0 Å². The standard InChI is InChI=1S/2C22H18N4OS/c2*1-23-22(27)18-7-2-3-8-21(18)28-16-10-11-17-19(25-26-20(17)14-16)12-9-15-6-4-5-13-24-15/h2*2-14H,1H3,(H,23,27)(H,25,26)/b2*12-9+. The molecule has 0 radical (unpaired) electrons. The van der Waals surface area contributed by atoms with Crippen LogP contribution in [0.25, 0.3) is 46.1 Å². The van der Waals surface area contributed by atoms with Gasteiger partial charge in [0.05, 0.1) is 44.9 Å². The molecule has 0 saturated heterocycles. The molecule has 12 heteroatoms. The first-order chi connectivity index (χ1) is 27.5. The lowest BCUT2D eigenvalue weighted by atomic mass is 10.2. The minimum Gasteiger partial charge on any atom is -0.355 e. The Hall–Kier alpha value is -6.76. The molecule has 8 aromatic rings. The minimum atomic E-state index is -0.0901. The summed E-state index contributed by atoms with van der Waals surface area (Å²) in [6, 6.07) is 39.0. The number of aromatic amines is 2. The van der Waals surface area contributed by atoms with E-state index in [4.69, 9.17) is 0 Å². The molecule has 0 spiro atoms. The summed E-state index contributed by atoms with van der Waals surface area (Å²) in [5.74, 6) is -0.180. The van der Waals surface area contributed by atoms with E-state index in [-0.39, 0.29) is 11.8 Å². The number of H-pyrrole nitrogens is 2. The molecule has 0 fully saturated rings. The molecule has 0 aliphatic heterocycles. The number of carbonyl (C=O) groups is 2. The highest BCUT2D eigenvalue weighted by Gasteiger charge is 2.13. The van der Waals surface area contributed by atoms with Crippen LogP contribution in [0.1, 0.15) is 43.5 Å². The van der Waals surface area contributed by atoms with Crippen LogP contribution in [-0.2, 0) is 0 Å². The van der Waals surface area contributed by atoms with Crippen LogP contribution in [0.4, 0.5) is 0 Å². The molecule has 276 valence electrons. The summed E-state index contributed by atoms with van der Waals surface area (Å²) in [6.07, 6.45) is 11.3. The van der Waals surface area contributed by atoms with E-state index in [0.29, 0.717) is 11.1 Å². The summed E-state index contributed by atoms with van der Waals surface area (Å²) >= 11 is 3.11. The first-order valence-electron chi connectivity index (χ1n) is 17.6. The van der Waals surface area contributed by atoms with Crippen molar-refractivity contribution in [1.82, 2.24) is 41.0 Å². The maximum atomic E-state index is 12.1. The number of pyridine rings is 2. The molecule has 10 nitrogen and oxygen atoms in total. The quantitative estimate of drug-likeness (QED) is 0.108. The van der Waals surface area contributed by atoms with Crippen LogP contribution < -0.4 is 10.6 Å². The molecule has 2 amide bonds. The average molecular weight is 773 g/mol. The molecule has 4 aromatic heterocycles. The number of rotatable bonds is 10. The van der Waals surface area contributed by atoms with Gasteiger partial charge in [0.1, 0.15) is 0 Å². The van der Waals surface area contributed by atoms with Crippen molar-refractivity contribution in [2.24, 2.45) is 0 Å². The van der Waals surface area contributed by atoms with Crippen molar-refractivity contribution in [3.05, 3.63) is 168 Å². The SMILES string of the molecule is CNC(=O)c1ccccc1Sc1ccc2c(/C=C/c3ccccn3)n[nH]c2c1.CNC(=O)c1ccccc1Sc1ccc2c(/C=C/c3ccccn3)n[nH]c2c1. The number of carbonyl (C=O) groups excluding carboxylic acids is 2. The second kappa shape index (κ2) is 18.0. The Labute approximate surface area is 332 Å². The zero-order valence-corrected chi connectivity index (χ0v) is 32.1. The monoisotopic (exact) mass is 772 g/mol. The van der Waals surface area contributed by atoms with Gasteiger partial charge in [-0.15, -0.1) is 0 Å². The van der Waals surface area contributed by atoms with E-state index in [2.05, 4.69) is 41.0 Å². The molecule has 0 bridgehead atoms. The maximum absolute atomic E-state index is 12.1. The van der Waals surface area contributed by atoms with Gasteiger partial charge in [-0.2, -0.15) is 10.2 Å². The van der Waals surface area contributed by atoms with Crippen LogP contribution in [0.2, 0.25) is 0 Å². The molecule has 0 saturated carbocycles. The molecule has 56 heavy (non-hydrogen) atoms. The average Bonchev–Trinajstić information content (AvgIpc) is 3.86. The lowest BCUT2D eigenvalue weighted by molar-refractivity contribution is 0.0952. The number of hydrogen-bond donors (Lipinski definition) is 4. The lowest BCUT2D eigenvalue weighted by Crippen LogP contribution is -2.18. The van der Waals surface area contributed by atoms with Crippen molar-refractivity contribution < 1.29 is 9.59 Å². The Morgan fingerprint density at radius 1 is 0.536 bits per heavy atom. The third kappa shape index (κ3) is 9.12. The molecule has 8 rings (SSSR count). The Morgan fingerprint density at radius 3 is 1.38 bits per heavy atom. The van der Waals surface area contributed by atoms with E-state index < -0.39 is 0 Å². The zero-order chi connectivity index (χ0) is 38.7. The van der Waals surface area contributed by atoms with E-state index >= 15 is 0 Å². The smallest absolute Gasteiger partial charge is 0.252 e. The third-order valence-corrected chi connectivity index (χ3v) is 10.6. The van der Waals surface area contributed by atoms with E-state index in [0.717, 1.165) is 64.2 Å². The van der Waals surface area contributed by atoms with Gasteiger partial charge in [-0.3, -0.25) is 29.8 Å². The van der Waals surface area contributed by atoms with Gasteiger partial charge in [0.15, 0.2) is 0 Å². The molecule has 4 N–H and O–H groups in total. The fourth-order valence-corrected chi connectivity index (χ4v) is 7.68. The first kappa shape index (κ1) is 37.6. The van der Waals surface area contributed by atoms with Gasteiger partial charge in [-0.25, -0.2) is 0 Å². The second-order valence-electron chi connectivity index (χ2n) is 12.2. The van der Waals surface area contributed by atoms with Crippen LogP contribution in [-0.4, -0.2) is 56.3 Å². The summed E-state index contributed by atoms with van der Waals surface area (Å²) in [4.78, 5) is 36.6. The van der Waals surface area contributed by atoms with E-state index in [1.54, 1.807) is 50.0 Å². The number of amides is 2. The number of fused-ring (bicyclic) bond motifs is 2. The number of nitrogens with zero attached hydrogens (tertiary/aromatic N) is 4. The minimum absolute atomic E-state index is 0.0901. The van der Waals surface area contributed by atoms with Crippen LogP contribution in [0.5, 0.6) is 0 Å². The predicted molar refractivity (Wildman–Crippen MR) is 226 cm³/mol. The van der Waals surface area contributed by atoms with Gasteiger partial charge in [0, 0.05) is 56.8 Å². The van der Waals surface area contributed by atoms with E-state index in [1.807, 2.05) is 146 Å². The van der Waals surface area contributed by atoms with Crippen LogP contribution >= 0.6 is 23.5 Å². The molecular weight excluding hydrogens is 737 g/mol. The normalized spacial score (nSPS) is 11.2. The Kier molecular flexibility index (Phi) is 12.1. The molecular formula is C44H36N8O2S2. The maximum Gasteiger partial charge on any atom is 0.252 e. The van der Waals surface area contributed by atoms with Crippen LogP contribution in [0, 0.1) is 0 Å². The van der Waals surface area contributed by atoms with Crippen LogP contribution in [0.3, 0.4) is 0 Å². The number of hydrogen-bond acceptors (Lipinski definition) is 8. The predicted octanol–water partition coefficient (Wildman–Crippen LogP) is 9.28. The van der Waals surface area contributed by atoms with Crippen LogP contribution in [0.15, 0.2) is 153 Å². The van der Waals surface area contributed by atoms with Gasteiger partial charge < -0.3 is 10.6 Å². The Morgan fingerprint density at radius 2 is 0.964 bits per heavy atom. The molecule has 0 aliphatic rings. The molecule has 4 heterocycles. The lowest BCUT2D eigenvalue weighted by Gasteiger charge is -2.08. The fourth-order valence-electron chi connectivity index (χ4n) is 5.71. The van der Waals surface area contributed by atoms with E-state index in [1.165, 1.54) is 0 Å². The van der Waals surface area contributed by atoms with Gasteiger partial charge >= 0.3 is 0 Å². The molecule has 0 aliphatic carbocycles. The number of benzene rings is 4. The highest BCUT2D eigenvalue weighted by Crippen LogP contribution is 2.34. The van der Waals surface area contributed by atoms with Gasteiger partial charge in [-0.05, 0) is 109 Å². The Balaban J connectivity index is 0.000000172. The zero-order valence-electron chi connectivity index (χ0n) is 30.4. The van der Waals surface area contributed by atoms with E-state index in [9.17, 15) is 9.59 Å². The second-order valence-corrected chi connectivity index (χ2v) is 14.4. The van der Waals surface area contributed by atoms with Gasteiger partial charge in [0.2, 0.25) is 0 Å². The topological polar surface area (TPSA) is 141 Å².